The number of ether oxygens (including phenoxy) is 1. The van der Waals surface area contributed by atoms with Gasteiger partial charge in [-0.25, -0.2) is 9.78 Å². The van der Waals surface area contributed by atoms with Crippen molar-refractivity contribution < 1.29 is 24.7 Å². The Balaban J connectivity index is 3.08. The molecular weight excluding hydrogens is 270 g/mol. The van der Waals surface area contributed by atoms with Crippen molar-refractivity contribution in [2.24, 2.45) is 0 Å². The third kappa shape index (κ3) is 3.87. The van der Waals surface area contributed by atoms with Gasteiger partial charge in [-0.15, -0.1) is 0 Å². The molecule has 0 bridgehead atoms. The van der Waals surface area contributed by atoms with Gasteiger partial charge in [0.15, 0.2) is 5.69 Å². The van der Waals surface area contributed by atoms with E-state index < -0.39 is 17.0 Å². The monoisotopic (exact) mass is 285 g/mol. The number of aromatic nitrogens is 1. The van der Waals surface area contributed by atoms with Crippen LogP contribution in [0.5, 0.6) is 0 Å². The summed E-state index contributed by atoms with van der Waals surface area (Å²) in [4.78, 5) is 26.2. The number of carboxylic acid groups (broad SMARTS) is 1. The predicted octanol–water partition coefficient (Wildman–Crippen LogP) is 0.132. The van der Waals surface area contributed by atoms with Crippen molar-refractivity contribution in [3.8, 4) is 0 Å². The van der Waals surface area contributed by atoms with E-state index in [9.17, 15) is 20.0 Å². The molecule has 1 rings (SSSR count). The zero-order valence-electron chi connectivity index (χ0n) is 11.0. The maximum absolute atomic E-state index is 10.9. The first kappa shape index (κ1) is 15.8. The Morgan fingerprint density at radius 1 is 1.60 bits per heavy atom. The van der Waals surface area contributed by atoms with Gasteiger partial charge in [0.2, 0.25) is 5.82 Å². The number of methoxy groups -OCH3 is 1. The third-order valence-electron chi connectivity index (χ3n) is 2.48. The molecule has 1 atom stereocenters. The molecule has 9 heteroatoms. The van der Waals surface area contributed by atoms with Gasteiger partial charge < -0.3 is 19.8 Å². The Morgan fingerprint density at radius 2 is 2.25 bits per heavy atom. The maximum atomic E-state index is 10.9. The van der Waals surface area contributed by atoms with Crippen molar-refractivity contribution in [3.05, 3.63) is 27.9 Å². The van der Waals surface area contributed by atoms with Crippen LogP contribution in [0.3, 0.4) is 0 Å². The fraction of sp³-hybridized carbons (Fsp3) is 0.455. The van der Waals surface area contributed by atoms with Gasteiger partial charge in [0.25, 0.3) is 0 Å². The molecule has 0 aromatic carbocycles. The Morgan fingerprint density at radius 3 is 2.75 bits per heavy atom. The minimum Gasteiger partial charge on any atom is -0.477 e. The second kappa shape index (κ2) is 6.78. The van der Waals surface area contributed by atoms with E-state index in [4.69, 9.17) is 9.84 Å². The van der Waals surface area contributed by atoms with Crippen LogP contribution in [0.1, 0.15) is 10.5 Å². The number of aromatic carboxylic acids is 1. The lowest BCUT2D eigenvalue weighted by Crippen LogP contribution is -2.33. The summed E-state index contributed by atoms with van der Waals surface area (Å²) in [5.74, 6) is -1.41. The van der Waals surface area contributed by atoms with Gasteiger partial charge in [-0.05, 0) is 6.07 Å². The largest absolute Gasteiger partial charge is 0.477 e. The van der Waals surface area contributed by atoms with Crippen LogP contribution in [0, 0.1) is 10.1 Å². The molecule has 0 amide bonds. The van der Waals surface area contributed by atoms with Crippen LogP contribution < -0.4 is 4.90 Å². The highest BCUT2D eigenvalue weighted by Crippen LogP contribution is 2.25. The lowest BCUT2D eigenvalue weighted by atomic mass is 10.3. The number of carbonyl (C=O) groups is 1. The Hall–Kier alpha value is -2.26. The zero-order valence-corrected chi connectivity index (χ0v) is 11.0. The Kier molecular flexibility index (Phi) is 5.35. The van der Waals surface area contributed by atoms with Crippen molar-refractivity contribution in [1.29, 1.82) is 0 Å². The van der Waals surface area contributed by atoms with E-state index in [1.54, 1.807) is 0 Å². The third-order valence-corrected chi connectivity index (χ3v) is 2.48. The molecule has 1 heterocycles. The normalized spacial score (nSPS) is 11.9. The van der Waals surface area contributed by atoms with E-state index in [2.05, 4.69) is 4.98 Å². The average molecular weight is 285 g/mol. The molecule has 0 fully saturated rings. The van der Waals surface area contributed by atoms with Crippen molar-refractivity contribution in [3.63, 3.8) is 0 Å². The molecule has 0 aliphatic carbocycles. The number of anilines is 1. The summed E-state index contributed by atoms with van der Waals surface area (Å²) >= 11 is 0. The van der Waals surface area contributed by atoms with Crippen molar-refractivity contribution in [2.75, 3.05) is 32.2 Å². The number of hydrogen-bond donors (Lipinski definition) is 2. The van der Waals surface area contributed by atoms with Gasteiger partial charge in [-0.1, -0.05) is 0 Å². The highest BCUT2D eigenvalue weighted by atomic mass is 16.6. The second-order valence-corrected chi connectivity index (χ2v) is 4.09. The minimum atomic E-state index is -1.29. The topological polar surface area (TPSA) is 126 Å². The van der Waals surface area contributed by atoms with E-state index in [1.165, 1.54) is 19.1 Å². The number of likely N-dealkylation sites (N-methyl/N-ethyl adjacent to an activating group) is 1. The molecule has 20 heavy (non-hydrogen) atoms. The molecule has 0 aliphatic rings. The van der Waals surface area contributed by atoms with E-state index >= 15 is 0 Å². The lowest BCUT2D eigenvalue weighted by Gasteiger charge is -2.21. The average Bonchev–Trinajstić information content (AvgIpc) is 2.37. The molecule has 110 valence electrons. The fourth-order valence-corrected chi connectivity index (χ4v) is 1.63. The van der Waals surface area contributed by atoms with E-state index in [1.807, 2.05) is 0 Å². The molecule has 0 saturated carbocycles. The molecule has 1 unspecified atom stereocenters. The van der Waals surface area contributed by atoms with Crippen molar-refractivity contribution in [1.82, 2.24) is 4.98 Å². The number of aliphatic hydroxyl groups is 1. The molecule has 0 aliphatic heterocycles. The first-order valence-corrected chi connectivity index (χ1v) is 5.63. The molecule has 1 aromatic rings. The van der Waals surface area contributed by atoms with Crippen LogP contribution in [0.2, 0.25) is 0 Å². The number of rotatable bonds is 7. The van der Waals surface area contributed by atoms with Crippen LogP contribution >= 0.6 is 0 Å². The molecule has 0 spiro atoms. The number of hydrogen-bond acceptors (Lipinski definition) is 7. The van der Waals surface area contributed by atoms with Crippen LogP contribution in [0.25, 0.3) is 0 Å². The van der Waals surface area contributed by atoms with Gasteiger partial charge in [-0.3, -0.25) is 10.1 Å². The summed E-state index contributed by atoms with van der Waals surface area (Å²) in [5, 5.41) is 29.4. The Bertz CT molecular complexity index is 507. The second-order valence-electron chi connectivity index (χ2n) is 4.09. The van der Waals surface area contributed by atoms with Gasteiger partial charge in [0, 0.05) is 26.8 Å². The summed E-state index contributed by atoms with van der Waals surface area (Å²) in [6.07, 6.45) is -0.875. The highest BCUT2D eigenvalue weighted by Gasteiger charge is 2.22. The van der Waals surface area contributed by atoms with E-state index in [0.717, 1.165) is 12.1 Å². The fourth-order valence-electron chi connectivity index (χ4n) is 1.63. The molecule has 0 radical (unpaired) electrons. The summed E-state index contributed by atoms with van der Waals surface area (Å²) in [6, 6.07) is 2.13. The number of nitro groups is 1. The lowest BCUT2D eigenvalue weighted by molar-refractivity contribution is -0.384. The summed E-state index contributed by atoms with van der Waals surface area (Å²) in [7, 11) is 2.88. The van der Waals surface area contributed by atoms with Gasteiger partial charge in [0.05, 0.1) is 17.6 Å². The SMILES string of the molecule is COCC(O)CN(C)c1nc(C(=O)O)ccc1[N+](=O)[O-]. The standard InChI is InChI=1S/C11H15N3O6/c1-13(5-7(15)6-20-2)10-9(14(18)19)4-3-8(12-10)11(16)17/h3-4,7,15H,5-6H2,1-2H3,(H,16,17). The van der Waals surface area contributed by atoms with Gasteiger partial charge >= 0.3 is 11.7 Å². The maximum Gasteiger partial charge on any atom is 0.354 e. The smallest absolute Gasteiger partial charge is 0.354 e. The number of carboxylic acids is 1. The number of aliphatic hydroxyl groups excluding tert-OH is 1. The summed E-state index contributed by atoms with van der Waals surface area (Å²) in [6.45, 7) is 0.0709. The summed E-state index contributed by atoms with van der Waals surface area (Å²) < 4.78 is 4.75. The first-order valence-electron chi connectivity index (χ1n) is 5.63. The van der Waals surface area contributed by atoms with Crippen molar-refractivity contribution >= 4 is 17.5 Å². The Labute approximate surface area is 114 Å². The number of pyridine rings is 1. The molecule has 2 N–H and O–H groups in total. The van der Waals surface area contributed by atoms with Crippen LogP contribution in [0.4, 0.5) is 11.5 Å². The summed E-state index contributed by atoms with van der Waals surface area (Å²) in [5.41, 5.74) is -0.638. The van der Waals surface area contributed by atoms with Gasteiger partial charge in [-0.2, -0.15) is 0 Å². The van der Waals surface area contributed by atoms with Crippen LogP contribution in [-0.4, -0.2) is 59.5 Å². The zero-order chi connectivity index (χ0) is 15.3. The molecule has 0 saturated heterocycles. The van der Waals surface area contributed by atoms with Crippen LogP contribution in [-0.2, 0) is 4.74 Å². The van der Waals surface area contributed by atoms with Crippen molar-refractivity contribution in [2.45, 2.75) is 6.10 Å². The van der Waals surface area contributed by atoms with Gasteiger partial charge in [0.1, 0.15) is 0 Å². The quantitative estimate of drug-likeness (QED) is 0.534. The van der Waals surface area contributed by atoms with E-state index in [0.29, 0.717) is 0 Å². The van der Waals surface area contributed by atoms with E-state index in [-0.39, 0.29) is 30.4 Å². The number of nitrogens with zero attached hydrogens (tertiary/aromatic N) is 3. The van der Waals surface area contributed by atoms with Crippen LogP contribution in [0.15, 0.2) is 12.1 Å². The highest BCUT2D eigenvalue weighted by molar-refractivity contribution is 5.86. The minimum absolute atomic E-state index is 0.0186. The molecule has 9 nitrogen and oxygen atoms in total. The molecular formula is C11H15N3O6. The molecule has 1 aromatic heterocycles. The predicted molar refractivity (Wildman–Crippen MR) is 69.0 cm³/mol. The first-order chi connectivity index (χ1) is 9.36.